The molecule has 0 unspecified atom stereocenters. The van der Waals surface area contributed by atoms with Crippen LogP contribution in [-0.2, 0) is 18.3 Å². The molecule has 1 aliphatic heterocycles. The molecule has 1 saturated heterocycles. The van der Waals surface area contributed by atoms with Gasteiger partial charge in [-0.1, -0.05) is 6.07 Å². The number of hydrogen-bond donors (Lipinski definition) is 1. The first-order chi connectivity index (χ1) is 10.1. The highest BCUT2D eigenvalue weighted by Gasteiger charge is 2.29. The van der Waals surface area contributed by atoms with Gasteiger partial charge in [0.15, 0.2) is 11.6 Å². The predicted molar refractivity (Wildman–Crippen MR) is 75.7 cm³/mol. The van der Waals surface area contributed by atoms with E-state index in [9.17, 15) is 8.78 Å². The molecule has 1 aliphatic rings. The minimum atomic E-state index is -0.829. The van der Waals surface area contributed by atoms with Crippen LogP contribution in [-0.4, -0.2) is 17.2 Å². The second-order valence-corrected chi connectivity index (χ2v) is 5.35. The van der Waals surface area contributed by atoms with Gasteiger partial charge in [0.25, 0.3) is 0 Å². The molecule has 5 heteroatoms. The Hall–Kier alpha value is -1.72. The SMILES string of the molecule is Cn1cccc1CN[C@H]1CCO[C@H]1c1ccc(F)c(F)c1. The second kappa shape index (κ2) is 5.95. The summed E-state index contributed by atoms with van der Waals surface area (Å²) in [5, 5.41) is 3.45. The van der Waals surface area contributed by atoms with Crippen molar-refractivity contribution >= 4 is 0 Å². The lowest BCUT2D eigenvalue weighted by atomic mass is 10.0. The van der Waals surface area contributed by atoms with Crippen LogP contribution in [0, 0.1) is 11.6 Å². The van der Waals surface area contributed by atoms with Crippen molar-refractivity contribution in [1.82, 2.24) is 9.88 Å². The largest absolute Gasteiger partial charge is 0.372 e. The normalized spacial score (nSPS) is 21.9. The van der Waals surface area contributed by atoms with Crippen molar-refractivity contribution in [1.29, 1.82) is 0 Å². The van der Waals surface area contributed by atoms with Crippen molar-refractivity contribution in [2.45, 2.75) is 25.1 Å². The van der Waals surface area contributed by atoms with Crippen LogP contribution >= 0.6 is 0 Å². The van der Waals surface area contributed by atoms with Gasteiger partial charge in [-0.25, -0.2) is 8.78 Å². The molecule has 112 valence electrons. The lowest BCUT2D eigenvalue weighted by Crippen LogP contribution is -2.31. The first-order valence-corrected chi connectivity index (χ1v) is 7.05. The van der Waals surface area contributed by atoms with Gasteiger partial charge in [-0.3, -0.25) is 0 Å². The smallest absolute Gasteiger partial charge is 0.159 e. The number of hydrogen-bond acceptors (Lipinski definition) is 2. The molecule has 3 nitrogen and oxygen atoms in total. The highest BCUT2D eigenvalue weighted by Crippen LogP contribution is 2.30. The molecule has 0 saturated carbocycles. The average molecular weight is 292 g/mol. The number of ether oxygens (including phenoxy) is 1. The van der Waals surface area contributed by atoms with E-state index < -0.39 is 11.6 Å². The summed E-state index contributed by atoms with van der Waals surface area (Å²) in [5.41, 5.74) is 1.85. The van der Waals surface area contributed by atoms with Crippen molar-refractivity contribution in [3.63, 3.8) is 0 Å². The molecule has 0 radical (unpaired) electrons. The van der Waals surface area contributed by atoms with E-state index in [0.717, 1.165) is 19.0 Å². The summed E-state index contributed by atoms with van der Waals surface area (Å²) in [6.45, 7) is 1.34. The molecule has 1 aromatic carbocycles. The zero-order chi connectivity index (χ0) is 14.8. The summed E-state index contributed by atoms with van der Waals surface area (Å²) in [6.07, 6.45) is 2.61. The van der Waals surface area contributed by atoms with Gasteiger partial charge < -0.3 is 14.6 Å². The molecule has 0 amide bonds. The molecule has 0 aliphatic carbocycles. The van der Waals surface area contributed by atoms with E-state index in [0.29, 0.717) is 12.2 Å². The van der Waals surface area contributed by atoms with Crippen LogP contribution in [0.25, 0.3) is 0 Å². The van der Waals surface area contributed by atoms with Gasteiger partial charge >= 0.3 is 0 Å². The van der Waals surface area contributed by atoms with Crippen LogP contribution < -0.4 is 5.32 Å². The van der Waals surface area contributed by atoms with E-state index in [1.165, 1.54) is 11.8 Å². The number of nitrogens with one attached hydrogen (secondary N) is 1. The first kappa shape index (κ1) is 14.2. The lowest BCUT2D eigenvalue weighted by molar-refractivity contribution is 0.0980. The van der Waals surface area contributed by atoms with Crippen LogP contribution in [0.5, 0.6) is 0 Å². The molecule has 0 spiro atoms. The Morgan fingerprint density at radius 1 is 1.29 bits per heavy atom. The molecule has 1 aromatic heterocycles. The molecule has 2 aromatic rings. The van der Waals surface area contributed by atoms with Gasteiger partial charge in [-0.05, 0) is 36.2 Å². The van der Waals surface area contributed by atoms with Crippen molar-refractivity contribution in [3.05, 3.63) is 59.4 Å². The molecule has 3 rings (SSSR count). The first-order valence-electron chi connectivity index (χ1n) is 7.05. The highest BCUT2D eigenvalue weighted by molar-refractivity contribution is 5.22. The minimum absolute atomic E-state index is 0.102. The maximum atomic E-state index is 13.4. The number of benzene rings is 1. The van der Waals surface area contributed by atoms with Crippen molar-refractivity contribution in [3.8, 4) is 0 Å². The summed E-state index contributed by atoms with van der Waals surface area (Å²) in [6, 6.07) is 8.11. The Kier molecular flexibility index (Phi) is 4.03. The second-order valence-electron chi connectivity index (χ2n) is 5.35. The Morgan fingerprint density at radius 2 is 2.14 bits per heavy atom. The maximum absolute atomic E-state index is 13.4. The summed E-state index contributed by atoms with van der Waals surface area (Å²) in [5.74, 6) is -1.66. The van der Waals surface area contributed by atoms with Crippen molar-refractivity contribution in [2.75, 3.05) is 6.61 Å². The summed E-state index contributed by atoms with van der Waals surface area (Å²) in [7, 11) is 2.00. The zero-order valence-electron chi connectivity index (χ0n) is 11.9. The molecule has 2 atom stereocenters. The fourth-order valence-electron chi connectivity index (χ4n) is 2.73. The lowest BCUT2D eigenvalue weighted by Gasteiger charge is -2.20. The van der Waals surface area contributed by atoms with Crippen LogP contribution in [0.2, 0.25) is 0 Å². The van der Waals surface area contributed by atoms with Crippen LogP contribution in [0.3, 0.4) is 0 Å². The third-order valence-electron chi connectivity index (χ3n) is 3.96. The molecule has 1 fully saturated rings. The summed E-state index contributed by atoms with van der Waals surface area (Å²) in [4.78, 5) is 0. The zero-order valence-corrected chi connectivity index (χ0v) is 11.9. The summed E-state index contributed by atoms with van der Waals surface area (Å²) >= 11 is 0. The fourth-order valence-corrected chi connectivity index (χ4v) is 2.73. The van der Waals surface area contributed by atoms with Crippen LogP contribution in [0.15, 0.2) is 36.5 Å². The monoisotopic (exact) mass is 292 g/mol. The van der Waals surface area contributed by atoms with Gasteiger partial charge in [0.1, 0.15) is 0 Å². The number of aryl methyl sites for hydroxylation is 1. The fraction of sp³-hybridized carbons (Fsp3) is 0.375. The average Bonchev–Trinajstić information content (AvgIpc) is 3.08. The van der Waals surface area contributed by atoms with E-state index in [1.807, 2.05) is 19.3 Å². The number of halogens is 2. The predicted octanol–water partition coefficient (Wildman–Crippen LogP) is 2.92. The van der Waals surface area contributed by atoms with Gasteiger partial charge in [-0.15, -0.1) is 0 Å². The molecule has 2 heterocycles. The third kappa shape index (κ3) is 2.99. The molecular weight excluding hydrogens is 274 g/mol. The van der Waals surface area contributed by atoms with Gasteiger partial charge in [0.05, 0.1) is 6.10 Å². The minimum Gasteiger partial charge on any atom is -0.372 e. The Morgan fingerprint density at radius 3 is 2.86 bits per heavy atom. The van der Waals surface area contributed by atoms with E-state index in [-0.39, 0.29) is 12.1 Å². The summed E-state index contributed by atoms with van der Waals surface area (Å²) < 4.78 is 34.1. The van der Waals surface area contributed by atoms with Crippen molar-refractivity contribution < 1.29 is 13.5 Å². The van der Waals surface area contributed by atoms with Crippen molar-refractivity contribution in [2.24, 2.45) is 7.05 Å². The number of nitrogens with zero attached hydrogens (tertiary/aromatic N) is 1. The van der Waals surface area contributed by atoms with E-state index in [2.05, 4.69) is 16.0 Å². The molecular formula is C16H18F2N2O. The Bertz CT molecular complexity index is 626. The quantitative estimate of drug-likeness (QED) is 0.937. The van der Waals surface area contributed by atoms with E-state index in [1.54, 1.807) is 6.07 Å². The third-order valence-corrected chi connectivity index (χ3v) is 3.96. The standard InChI is InChI=1S/C16H18F2N2O/c1-20-7-2-3-12(20)10-19-15-6-8-21-16(15)11-4-5-13(17)14(18)9-11/h2-5,7,9,15-16,19H,6,8,10H2,1H3/t15-,16-/m0/s1. The topological polar surface area (TPSA) is 26.2 Å². The maximum Gasteiger partial charge on any atom is 0.159 e. The van der Waals surface area contributed by atoms with Gasteiger partial charge in [0.2, 0.25) is 0 Å². The van der Waals surface area contributed by atoms with Gasteiger partial charge in [-0.2, -0.15) is 0 Å². The van der Waals surface area contributed by atoms with Crippen LogP contribution in [0.1, 0.15) is 23.8 Å². The van der Waals surface area contributed by atoms with Crippen LogP contribution in [0.4, 0.5) is 8.78 Å². The molecule has 1 N–H and O–H groups in total. The number of aromatic nitrogens is 1. The molecule has 0 bridgehead atoms. The Labute approximate surface area is 122 Å². The molecule has 21 heavy (non-hydrogen) atoms. The highest BCUT2D eigenvalue weighted by atomic mass is 19.2. The van der Waals surface area contributed by atoms with E-state index >= 15 is 0 Å². The Balaban J connectivity index is 1.70. The van der Waals surface area contributed by atoms with E-state index in [4.69, 9.17) is 4.74 Å². The number of rotatable bonds is 4. The van der Waals surface area contributed by atoms with Gasteiger partial charge in [0, 0.05) is 38.1 Å².